The minimum atomic E-state index is 0.459. The summed E-state index contributed by atoms with van der Waals surface area (Å²) in [5, 5.41) is 6.97. The Morgan fingerprint density at radius 3 is 3.20 bits per heavy atom. The van der Waals surface area contributed by atoms with Crippen LogP contribution in [-0.4, -0.2) is 17.6 Å². The third-order valence-corrected chi connectivity index (χ3v) is 6.24. The van der Waals surface area contributed by atoms with E-state index in [1.807, 2.05) is 28.9 Å². The highest BCUT2D eigenvalue weighted by molar-refractivity contribution is 7.15. The molecule has 1 N–H and O–H groups in total. The number of hydrogen-bond acceptors (Lipinski definition) is 5. The van der Waals surface area contributed by atoms with Crippen LogP contribution in [-0.2, 0) is 13.0 Å². The van der Waals surface area contributed by atoms with Gasteiger partial charge in [0, 0.05) is 35.1 Å². The largest absolute Gasteiger partial charge is 0.341 e. The number of thiazole rings is 1. The van der Waals surface area contributed by atoms with E-state index >= 15 is 0 Å². The Hall–Kier alpha value is -0.910. The van der Waals surface area contributed by atoms with Crippen molar-refractivity contribution >= 4 is 27.8 Å². The first-order chi connectivity index (χ1) is 9.81. The van der Waals surface area contributed by atoms with Crippen molar-refractivity contribution in [2.75, 3.05) is 11.4 Å². The number of aromatic nitrogens is 1. The molecular weight excluding hydrogens is 286 g/mol. The maximum atomic E-state index is 4.65. The molecule has 0 spiro atoms. The van der Waals surface area contributed by atoms with Crippen LogP contribution in [0.15, 0.2) is 17.6 Å². The van der Waals surface area contributed by atoms with Crippen molar-refractivity contribution in [3.63, 3.8) is 0 Å². The lowest BCUT2D eigenvalue weighted by molar-refractivity contribution is 0.631. The fraction of sp³-hybridized carbons (Fsp3) is 0.533. The van der Waals surface area contributed by atoms with Crippen molar-refractivity contribution in [3.05, 3.63) is 33.0 Å². The molecule has 0 amide bonds. The zero-order valence-corrected chi connectivity index (χ0v) is 13.3. The zero-order valence-electron chi connectivity index (χ0n) is 11.6. The van der Waals surface area contributed by atoms with Gasteiger partial charge in [-0.1, -0.05) is 0 Å². The Morgan fingerprint density at radius 1 is 1.45 bits per heavy atom. The summed E-state index contributed by atoms with van der Waals surface area (Å²) >= 11 is 3.74. The monoisotopic (exact) mass is 305 g/mol. The van der Waals surface area contributed by atoms with Gasteiger partial charge in [0.2, 0.25) is 0 Å². The zero-order chi connectivity index (χ0) is 13.5. The second-order valence-electron chi connectivity index (χ2n) is 5.68. The average Bonchev–Trinajstić information content (AvgIpc) is 2.98. The molecule has 1 atom stereocenters. The standard InChI is InChI=1S/C15H19N3S2/c1-10-13-5-7-19-14(13)4-6-18(10)15-17-9-12(20-15)8-16-11-2-3-11/h5,7,9-11,16H,2-4,6,8H2,1H3. The van der Waals surface area contributed by atoms with E-state index in [0.29, 0.717) is 6.04 Å². The van der Waals surface area contributed by atoms with E-state index in [2.05, 4.69) is 33.6 Å². The molecule has 1 unspecified atom stereocenters. The number of thiophene rings is 1. The van der Waals surface area contributed by atoms with Gasteiger partial charge in [-0.25, -0.2) is 4.98 Å². The first-order valence-electron chi connectivity index (χ1n) is 7.32. The normalized spacial score (nSPS) is 22.1. The molecule has 1 aliphatic heterocycles. The molecule has 20 heavy (non-hydrogen) atoms. The summed E-state index contributed by atoms with van der Waals surface area (Å²) in [4.78, 5) is 10.0. The number of nitrogens with one attached hydrogen (secondary N) is 1. The molecule has 3 heterocycles. The lowest BCUT2D eigenvalue weighted by atomic mass is 10.0. The molecule has 0 radical (unpaired) electrons. The Labute approximate surface area is 127 Å². The van der Waals surface area contributed by atoms with Crippen molar-refractivity contribution in [1.29, 1.82) is 0 Å². The minimum absolute atomic E-state index is 0.459. The van der Waals surface area contributed by atoms with E-state index in [0.717, 1.165) is 25.6 Å². The van der Waals surface area contributed by atoms with Gasteiger partial charge in [0.1, 0.15) is 0 Å². The third-order valence-electron chi connectivity index (χ3n) is 4.21. The molecule has 4 rings (SSSR count). The van der Waals surface area contributed by atoms with Gasteiger partial charge in [0.05, 0.1) is 6.04 Å². The highest BCUT2D eigenvalue weighted by atomic mass is 32.1. The van der Waals surface area contributed by atoms with Gasteiger partial charge in [-0.2, -0.15) is 0 Å². The quantitative estimate of drug-likeness (QED) is 0.936. The van der Waals surface area contributed by atoms with Crippen molar-refractivity contribution in [3.8, 4) is 0 Å². The lowest BCUT2D eigenvalue weighted by Crippen LogP contribution is -2.32. The highest BCUT2D eigenvalue weighted by Gasteiger charge is 2.27. The molecule has 1 saturated carbocycles. The summed E-state index contributed by atoms with van der Waals surface area (Å²) in [5.74, 6) is 0. The molecule has 0 bridgehead atoms. The minimum Gasteiger partial charge on any atom is -0.341 e. The molecule has 5 heteroatoms. The van der Waals surface area contributed by atoms with E-state index in [1.54, 1.807) is 4.88 Å². The Bertz CT molecular complexity index is 600. The van der Waals surface area contributed by atoms with Crippen molar-refractivity contribution in [1.82, 2.24) is 10.3 Å². The Kier molecular flexibility index (Phi) is 3.28. The number of hydrogen-bond donors (Lipinski definition) is 1. The van der Waals surface area contributed by atoms with Gasteiger partial charge in [-0.05, 0) is 43.2 Å². The molecule has 106 valence electrons. The van der Waals surface area contributed by atoms with Gasteiger partial charge in [0.25, 0.3) is 0 Å². The molecule has 0 aromatic carbocycles. The third kappa shape index (κ3) is 2.38. The average molecular weight is 305 g/mol. The van der Waals surface area contributed by atoms with E-state index in [9.17, 15) is 0 Å². The van der Waals surface area contributed by atoms with E-state index < -0.39 is 0 Å². The highest BCUT2D eigenvalue weighted by Crippen LogP contribution is 2.37. The summed E-state index contributed by atoms with van der Waals surface area (Å²) in [6.45, 7) is 4.38. The summed E-state index contributed by atoms with van der Waals surface area (Å²) in [6, 6.07) is 3.50. The fourth-order valence-corrected chi connectivity index (χ4v) is 4.75. The SMILES string of the molecule is CC1c2ccsc2CCN1c1ncc(CNC2CC2)s1. The van der Waals surface area contributed by atoms with Crippen molar-refractivity contribution < 1.29 is 0 Å². The van der Waals surface area contributed by atoms with Crippen LogP contribution in [0.3, 0.4) is 0 Å². The first-order valence-corrected chi connectivity index (χ1v) is 9.02. The molecule has 2 aliphatic rings. The topological polar surface area (TPSA) is 28.2 Å². The van der Waals surface area contributed by atoms with Crippen LogP contribution in [0.5, 0.6) is 0 Å². The van der Waals surface area contributed by atoms with E-state index in [-0.39, 0.29) is 0 Å². The second-order valence-corrected chi connectivity index (χ2v) is 7.78. The van der Waals surface area contributed by atoms with Gasteiger partial charge in [-0.3, -0.25) is 0 Å². The molecule has 1 aliphatic carbocycles. The van der Waals surface area contributed by atoms with Crippen LogP contribution in [0.2, 0.25) is 0 Å². The van der Waals surface area contributed by atoms with Gasteiger partial charge < -0.3 is 10.2 Å². The molecule has 0 saturated heterocycles. The van der Waals surface area contributed by atoms with Crippen LogP contribution in [0.25, 0.3) is 0 Å². The Morgan fingerprint density at radius 2 is 2.35 bits per heavy atom. The number of nitrogens with zero attached hydrogens (tertiary/aromatic N) is 2. The summed E-state index contributed by atoms with van der Waals surface area (Å²) < 4.78 is 0. The summed E-state index contributed by atoms with van der Waals surface area (Å²) in [5.41, 5.74) is 1.49. The summed E-state index contributed by atoms with van der Waals surface area (Å²) in [7, 11) is 0. The first kappa shape index (κ1) is 12.8. The van der Waals surface area contributed by atoms with Gasteiger partial charge in [-0.15, -0.1) is 22.7 Å². The molecule has 2 aromatic heterocycles. The second kappa shape index (κ2) is 5.13. The molecule has 3 nitrogen and oxygen atoms in total. The predicted molar refractivity (Wildman–Crippen MR) is 85.8 cm³/mol. The van der Waals surface area contributed by atoms with Crippen LogP contribution in [0, 0.1) is 0 Å². The fourth-order valence-electron chi connectivity index (χ4n) is 2.81. The number of fused-ring (bicyclic) bond motifs is 1. The number of anilines is 1. The lowest BCUT2D eigenvalue weighted by Gasteiger charge is -2.33. The maximum Gasteiger partial charge on any atom is 0.186 e. The van der Waals surface area contributed by atoms with E-state index in [4.69, 9.17) is 0 Å². The summed E-state index contributed by atoms with van der Waals surface area (Å²) in [6.07, 6.45) is 5.89. The molecule has 1 fully saturated rings. The van der Waals surface area contributed by atoms with Gasteiger partial charge in [0.15, 0.2) is 5.13 Å². The van der Waals surface area contributed by atoms with Crippen molar-refractivity contribution in [2.45, 2.75) is 44.8 Å². The van der Waals surface area contributed by atoms with Crippen LogP contribution >= 0.6 is 22.7 Å². The van der Waals surface area contributed by atoms with Gasteiger partial charge >= 0.3 is 0 Å². The number of rotatable bonds is 4. The Balaban J connectivity index is 1.49. The van der Waals surface area contributed by atoms with Crippen LogP contribution in [0.1, 0.15) is 41.1 Å². The molecule has 2 aromatic rings. The van der Waals surface area contributed by atoms with Crippen molar-refractivity contribution in [2.24, 2.45) is 0 Å². The van der Waals surface area contributed by atoms with Crippen LogP contribution in [0.4, 0.5) is 5.13 Å². The smallest absolute Gasteiger partial charge is 0.186 e. The van der Waals surface area contributed by atoms with E-state index in [1.165, 1.54) is 28.4 Å². The molecular formula is C15H19N3S2. The maximum absolute atomic E-state index is 4.65. The predicted octanol–water partition coefficient (Wildman–Crippen LogP) is 3.58. The van der Waals surface area contributed by atoms with Crippen LogP contribution < -0.4 is 10.2 Å².